The molecular formula is C16H25ClN2O5S. The van der Waals surface area contributed by atoms with Crippen LogP contribution in [0.3, 0.4) is 0 Å². The normalized spacial score (nSPS) is 26.5. The predicted molar refractivity (Wildman–Crippen MR) is 97.5 cm³/mol. The van der Waals surface area contributed by atoms with Crippen molar-refractivity contribution in [2.75, 3.05) is 12.8 Å². The lowest BCUT2D eigenvalue weighted by Crippen LogP contribution is -2.61. The summed E-state index contributed by atoms with van der Waals surface area (Å²) in [6.07, 6.45) is 0.423. The molecule has 1 aromatic rings. The summed E-state index contributed by atoms with van der Waals surface area (Å²) in [5.41, 5.74) is 5.04. The Hall–Kier alpha value is -1.35. The quantitative estimate of drug-likeness (QED) is 0.693. The lowest BCUT2D eigenvalue weighted by molar-refractivity contribution is -0.0610. The van der Waals surface area contributed by atoms with Gasteiger partial charge < -0.3 is 15.9 Å². The van der Waals surface area contributed by atoms with E-state index in [1.807, 2.05) is 6.07 Å². The van der Waals surface area contributed by atoms with Crippen LogP contribution in [0.4, 0.5) is 4.79 Å². The fourth-order valence-electron chi connectivity index (χ4n) is 3.30. The summed E-state index contributed by atoms with van der Waals surface area (Å²) in [5.74, 6) is 0. The van der Waals surface area contributed by atoms with Gasteiger partial charge in [0.25, 0.3) is 0 Å². The van der Waals surface area contributed by atoms with Gasteiger partial charge in [0.15, 0.2) is 0 Å². The van der Waals surface area contributed by atoms with Gasteiger partial charge in [0.2, 0.25) is 0 Å². The molecule has 1 fully saturated rings. The summed E-state index contributed by atoms with van der Waals surface area (Å²) in [6, 6.07) is 8.12. The van der Waals surface area contributed by atoms with E-state index >= 15 is 0 Å². The summed E-state index contributed by atoms with van der Waals surface area (Å²) in [6.45, 7) is -0.0493. The topological polar surface area (TPSA) is 121 Å². The Kier molecular flexibility index (Phi) is 7.25. The Morgan fingerprint density at radius 2 is 1.96 bits per heavy atom. The third-order valence-electron chi connectivity index (χ3n) is 4.78. The van der Waals surface area contributed by atoms with Crippen LogP contribution in [0.25, 0.3) is 0 Å². The number of rotatable bonds is 5. The molecule has 0 aromatic heterocycles. The van der Waals surface area contributed by atoms with Gasteiger partial charge in [-0.3, -0.25) is 4.90 Å². The van der Waals surface area contributed by atoms with Gasteiger partial charge in [0.1, 0.15) is 9.84 Å². The number of amides is 1. The minimum atomic E-state index is -3.32. The number of aliphatic hydroxyl groups is 1. The smallest absolute Gasteiger partial charge is 0.407 e. The summed E-state index contributed by atoms with van der Waals surface area (Å²) in [7, 11) is -3.32. The second-order valence-corrected chi connectivity index (χ2v) is 8.77. The summed E-state index contributed by atoms with van der Waals surface area (Å²) >= 11 is 0. The van der Waals surface area contributed by atoms with Crippen molar-refractivity contribution in [3.8, 4) is 0 Å². The maximum absolute atomic E-state index is 11.9. The van der Waals surface area contributed by atoms with Gasteiger partial charge in [-0.1, -0.05) is 30.3 Å². The number of halogens is 1. The molecule has 0 saturated heterocycles. The molecule has 9 heteroatoms. The van der Waals surface area contributed by atoms with Crippen molar-refractivity contribution in [2.24, 2.45) is 5.73 Å². The molecule has 0 bridgehead atoms. The Morgan fingerprint density at radius 3 is 2.44 bits per heavy atom. The molecule has 1 saturated carbocycles. The molecule has 1 aliphatic carbocycles. The van der Waals surface area contributed by atoms with E-state index in [-0.39, 0.29) is 44.8 Å². The number of nitrogens with zero attached hydrogens (tertiary/aromatic N) is 1. The summed E-state index contributed by atoms with van der Waals surface area (Å²) in [5, 5.41) is 19.7. The van der Waals surface area contributed by atoms with Crippen molar-refractivity contribution in [3.05, 3.63) is 35.9 Å². The summed E-state index contributed by atoms with van der Waals surface area (Å²) in [4.78, 5) is 12.9. The molecule has 1 aromatic carbocycles. The average molecular weight is 393 g/mol. The molecule has 25 heavy (non-hydrogen) atoms. The van der Waals surface area contributed by atoms with E-state index in [1.54, 1.807) is 24.3 Å². The van der Waals surface area contributed by atoms with Crippen LogP contribution in [0.1, 0.15) is 24.8 Å². The highest BCUT2D eigenvalue weighted by atomic mass is 35.5. The van der Waals surface area contributed by atoms with Gasteiger partial charge in [-0.15, -0.1) is 12.4 Å². The van der Waals surface area contributed by atoms with Gasteiger partial charge in [0.05, 0.1) is 16.9 Å². The van der Waals surface area contributed by atoms with E-state index in [1.165, 1.54) is 0 Å². The van der Waals surface area contributed by atoms with E-state index in [4.69, 9.17) is 5.73 Å². The number of hydrogen-bond acceptors (Lipinski definition) is 5. The fraction of sp³-hybridized carbons (Fsp3) is 0.562. The minimum Gasteiger partial charge on any atom is -0.465 e. The summed E-state index contributed by atoms with van der Waals surface area (Å²) < 4.78 is 23.8. The monoisotopic (exact) mass is 392 g/mol. The van der Waals surface area contributed by atoms with E-state index in [0.717, 1.165) is 16.7 Å². The Bertz CT molecular complexity index is 685. The van der Waals surface area contributed by atoms with Crippen molar-refractivity contribution in [3.63, 3.8) is 0 Å². The van der Waals surface area contributed by atoms with Crippen LogP contribution in [0.2, 0.25) is 0 Å². The van der Waals surface area contributed by atoms with Gasteiger partial charge in [0, 0.05) is 19.3 Å². The Balaban J connectivity index is 0.00000312. The molecular weight excluding hydrogens is 368 g/mol. The van der Waals surface area contributed by atoms with Crippen molar-refractivity contribution >= 4 is 28.3 Å². The first-order chi connectivity index (χ1) is 11.2. The highest BCUT2D eigenvalue weighted by molar-refractivity contribution is 7.91. The second kappa shape index (κ2) is 8.35. The first-order valence-electron chi connectivity index (χ1n) is 7.82. The molecule has 0 heterocycles. The van der Waals surface area contributed by atoms with Crippen LogP contribution in [-0.4, -0.2) is 59.3 Å². The van der Waals surface area contributed by atoms with Crippen LogP contribution in [-0.2, 0) is 16.4 Å². The number of nitrogens with two attached hydrogens (primary N) is 1. The zero-order valence-corrected chi connectivity index (χ0v) is 15.7. The van der Waals surface area contributed by atoms with Crippen LogP contribution >= 0.6 is 12.4 Å². The largest absolute Gasteiger partial charge is 0.465 e. The minimum absolute atomic E-state index is 0. The fourth-order valence-corrected chi connectivity index (χ4v) is 4.38. The lowest BCUT2D eigenvalue weighted by Gasteiger charge is -2.46. The number of carboxylic acid groups (broad SMARTS) is 1. The third-order valence-corrected chi connectivity index (χ3v) is 6.42. The number of benzene rings is 1. The molecule has 4 N–H and O–H groups in total. The molecule has 0 radical (unpaired) electrons. The van der Waals surface area contributed by atoms with Crippen molar-refractivity contribution in [2.45, 2.75) is 42.7 Å². The number of sulfone groups is 1. The number of carbonyl (C=O) groups is 1. The van der Waals surface area contributed by atoms with Crippen LogP contribution in [0.15, 0.2) is 30.3 Å². The van der Waals surface area contributed by atoms with Crippen LogP contribution in [0.5, 0.6) is 0 Å². The first-order valence-corrected chi connectivity index (χ1v) is 9.77. The molecule has 142 valence electrons. The Labute approximate surface area is 154 Å². The standard InChI is InChI=1S/C16H24N2O5S.ClH/c1-24(22,23)13-7-8-16(21,11-17)14(9-13)18(15(19)20)10-12-5-3-2-4-6-12;/h2-6,13-14,21H,7-11,17H2,1H3,(H,19,20);1H. The molecule has 1 aliphatic rings. The van der Waals surface area contributed by atoms with Crippen molar-refractivity contribution < 1.29 is 23.4 Å². The maximum atomic E-state index is 11.9. The third kappa shape index (κ3) is 5.07. The molecule has 0 spiro atoms. The maximum Gasteiger partial charge on any atom is 0.407 e. The van der Waals surface area contributed by atoms with Gasteiger partial charge in [-0.2, -0.15) is 0 Å². The predicted octanol–water partition coefficient (Wildman–Crippen LogP) is 1.24. The lowest BCUT2D eigenvalue weighted by atomic mass is 9.79. The molecule has 3 atom stereocenters. The SMILES string of the molecule is CS(=O)(=O)C1CCC(O)(CN)C(N(Cc2ccccc2)C(=O)O)C1.Cl. The van der Waals surface area contributed by atoms with Gasteiger partial charge in [-0.05, 0) is 24.8 Å². The van der Waals surface area contributed by atoms with Crippen molar-refractivity contribution in [1.82, 2.24) is 4.90 Å². The van der Waals surface area contributed by atoms with E-state index in [9.17, 15) is 23.4 Å². The Morgan fingerprint density at radius 1 is 1.36 bits per heavy atom. The molecule has 2 rings (SSSR count). The van der Waals surface area contributed by atoms with E-state index < -0.39 is 32.8 Å². The van der Waals surface area contributed by atoms with Gasteiger partial charge in [-0.25, -0.2) is 13.2 Å². The van der Waals surface area contributed by atoms with Gasteiger partial charge >= 0.3 is 6.09 Å². The van der Waals surface area contributed by atoms with Crippen molar-refractivity contribution in [1.29, 1.82) is 0 Å². The van der Waals surface area contributed by atoms with Crippen LogP contribution in [0, 0.1) is 0 Å². The first kappa shape index (κ1) is 21.7. The number of hydrogen-bond donors (Lipinski definition) is 3. The van der Waals surface area contributed by atoms with Crippen LogP contribution < -0.4 is 5.73 Å². The van der Waals surface area contributed by atoms with E-state index in [2.05, 4.69) is 0 Å². The highest BCUT2D eigenvalue weighted by Crippen LogP contribution is 2.35. The zero-order valence-electron chi connectivity index (χ0n) is 14.0. The molecule has 1 amide bonds. The average Bonchev–Trinajstić information content (AvgIpc) is 2.53. The second-order valence-electron chi connectivity index (χ2n) is 6.45. The molecule has 7 nitrogen and oxygen atoms in total. The molecule has 3 unspecified atom stereocenters. The molecule has 0 aliphatic heterocycles. The zero-order chi connectivity index (χ0) is 18.0. The highest BCUT2D eigenvalue weighted by Gasteiger charge is 2.47. The van der Waals surface area contributed by atoms with E-state index in [0.29, 0.717) is 0 Å².